The first kappa shape index (κ1) is 59.4. The molecular formula is C57H64F2N9O12PS. The van der Waals surface area contributed by atoms with Crippen molar-refractivity contribution in [1.82, 2.24) is 40.9 Å². The third-order valence-corrected chi connectivity index (χ3v) is 17.6. The Hall–Kier alpha value is -7.26. The highest BCUT2D eigenvalue weighted by Gasteiger charge is 2.47. The molecular weight excluding hydrogens is 1100 g/mol. The van der Waals surface area contributed by atoms with E-state index in [1.54, 1.807) is 61.3 Å². The number of nitrogens with one attached hydrogen (secondary N) is 4. The molecule has 0 bridgehead atoms. The van der Waals surface area contributed by atoms with Crippen LogP contribution in [0.25, 0.3) is 10.1 Å². The minimum Gasteiger partial charge on any atom is -0.370 e. The number of nitrogens with two attached hydrogens (primary N) is 1. The molecule has 21 nitrogen and oxygen atoms in total. The van der Waals surface area contributed by atoms with Crippen LogP contribution in [0, 0.1) is 17.8 Å². The molecule has 0 radical (unpaired) electrons. The zero-order valence-electron chi connectivity index (χ0n) is 45.2. The fourth-order valence-corrected chi connectivity index (χ4v) is 12.9. The summed E-state index contributed by atoms with van der Waals surface area (Å²) in [5.74, 6) is 1.79. The Labute approximate surface area is 476 Å². The monoisotopic (exact) mass is 1170 g/mol. The molecule has 9 amide bonds. The molecule has 1 unspecified atom stereocenters. The van der Waals surface area contributed by atoms with Gasteiger partial charge in [-0.05, 0) is 131 Å². The van der Waals surface area contributed by atoms with Gasteiger partial charge < -0.3 is 51.1 Å². The maximum Gasteiger partial charge on any atom is 0.389 e. The lowest BCUT2D eigenvalue weighted by Crippen LogP contribution is -2.62. The van der Waals surface area contributed by atoms with Crippen molar-refractivity contribution in [3.8, 4) is 11.8 Å². The molecule has 9 rings (SSSR count). The van der Waals surface area contributed by atoms with E-state index in [-0.39, 0.29) is 79.1 Å². The van der Waals surface area contributed by atoms with Crippen molar-refractivity contribution in [3.05, 3.63) is 105 Å². The normalized spacial score (nSPS) is 21.8. The van der Waals surface area contributed by atoms with E-state index in [4.69, 9.17) is 15.5 Å². The molecule has 3 aromatic carbocycles. The highest BCUT2D eigenvalue weighted by Crippen LogP contribution is 2.43. The number of rotatable bonds is 17. The zero-order valence-corrected chi connectivity index (χ0v) is 46.9. The van der Waals surface area contributed by atoms with Crippen LogP contribution in [0.1, 0.15) is 120 Å². The Kier molecular flexibility index (Phi) is 18.2. The van der Waals surface area contributed by atoms with Gasteiger partial charge >= 0.3 is 14.7 Å². The van der Waals surface area contributed by atoms with Crippen LogP contribution in [0.15, 0.2) is 72.8 Å². The summed E-state index contributed by atoms with van der Waals surface area (Å²) in [6, 6.07) is 14.0. The van der Waals surface area contributed by atoms with Crippen molar-refractivity contribution in [2.75, 3.05) is 33.2 Å². The standard InChI is InChI=1S/C57H64F2N9O12PS/c1-56(36-12-4-3-5-13-36,55(77)66-27-23-33(24-28-66)9-6-7-10-34-11-8-14-39-40(34)31-67(53(39)75)43-19-22-48(70)63-50(43)72)64-49(71)41(17-21-47(60)69)61-51(73)44-18-16-38-25-26-65(2)32-42(54(76)68(38)44)62-52(74)46-30-35-29-37(15-20-45(35)82-46)57(58,59)80-81(78)79/h3-5,8,11-15,20,29-30,33,38,41-44,78-79H,6,9,16-19,21-28,31-32H2,1-2H3,(H2,60,69)(H,61,73)(H,62,74)(H,64,71)(H,63,70,72)/t38-,41+,42+,43?,44+,56-/m1/s1. The number of likely N-dealkylation sites (tertiary alicyclic amines) is 1. The van der Waals surface area contributed by atoms with E-state index in [1.807, 2.05) is 11.0 Å². The van der Waals surface area contributed by atoms with Gasteiger partial charge in [0.2, 0.25) is 35.4 Å². The van der Waals surface area contributed by atoms with Crippen molar-refractivity contribution < 1.29 is 66.2 Å². The fraction of sp³-hybridized carbons (Fsp3) is 0.456. The minimum absolute atomic E-state index is 0.0619. The summed E-state index contributed by atoms with van der Waals surface area (Å²) >= 11 is 0.985. The Morgan fingerprint density at radius 2 is 1.68 bits per heavy atom. The lowest BCUT2D eigenvalue weighted by molar-refractivity contribution is -0.189. The number of piperidine rings is 2. The molecule has 4 saturated heterocycles. The van der Waals surface area contributed by atoms with Crippen molar-refractivity contribution >= 4 is 83.2 Å². The predicted molar refractivity (Wildman–Crippen MR) is 295 cm³/mol. The molecule has 5 aliphatic rings. The van der Waals surface area contributed by atoms with Crippen LogP contribution in [0.5, 0.6) is 0 Å². The number of hydrogen-bond donors (Lipinski definition) is 7. The summed E-state index contributed by atoms with van der Waals surface area (Å²) in [5, 5.41) is 11.1. The highest BCUT2D eigenvalue weighted by atomic mass is 32.1. The van der Waals surface area contributed by atoms with E-state index >= 15 is 0 Å². The number of likely N-dealkylation sites (N-methyl/N-ethyl adjacent to an activating group) is 1. The molecule has 4 fully saturated rings. The topological polar surface area (TPSA) is 290 Å². The largest absolute Gasteiger partial charge is 0.389 e. The van der Waals surface area contributed by atoms with Crippen molar-refractivity contribution in [1.29, 1.82) is 0 Å². The number of carbonyl (C=O) groups is 9. The third kappa shape index (κ3) is 13.1. The van der Waals surface area contributed by atoms with Crippen molar-refractivity contribution in [3.63, 3.8) is 0 Å². The van der Waals surface area contributed by atoms with Gasteiger partial charge in [0, 0.05) is 67.3 Å². The van der Waals surface area contributed by atoms with E-state index in [2.05, 4.69) is 37.6 Å². The minimum atomic E-state index is -4.03. The van der Waals surface area contributed by atoms with Crippen LogP contribution in [-0.4, -0.2) is 146 Å². The number of imide groups is 1. The molecule has 5 aliphatic heterocycles. The van der Waals surface area contributed by atoms with Gasteiger partial charge in [0.05, 0.1) is 10.4 Å². The zero-order chi connectivity index (χ0) is 58.6. The van der Waals surface area contributed by atoms with E-state index < -0.39 is 91.5 Å². The Morgan fingerprint density at radius 3 is 2.40 bits per heavy atom. The van der Waals surface area contributed by atoms with Crippen molar-refractivity contribution in [2.45, 2.75) is 126 Å². The maximum absolute atomic E-state index is 14.8. The molecule has 25 heteroatoms. The molecule has 4 aromatic rings. The van der Waals surface area contributed by atoms with E-state index in [1.165, 1.54) is 21.9 Å². The summed E-state index contributed by atoms with van der Waals surface area (Å²) in [5.41, 5.74) is 5.65. The molecule has 434 valence electrons. The smallest absolute Gasteiger partial charge is 0.370 e. The Bertz CT molecular complexity index is 3240. The van der Waals surface area contributed by atoms with Gasteiger partial charge in [-0.1, -0.05) is 48.2 Å². The molecule has 8 N–H and O–H groups in total. The Balaban J connectivity index is 0.841. The number of carbonyl (C=O) groups excluding carboxylic acids is 9. The number of nitrogens with zero attached hydrogens (tertiary/aromatic N) is 4. The molecule has 6 heterocycles. The van der Waals surface area contributed by atoms with E-state index in [0.29, 0.717) is 73.1 Å². The van der Waals surface area contributed by atoms with Crippen LogP contribution in [0.3, 0.4) is 0 Å². The van der Waals surface area contributed by atoms with Gasteiger partial charge in [0.15, 0.2) is 0 Å². The van der Waals surface area contributed by atoms with Gasteiger partial charge in [0.25, 0.3) is 17.7 Å². The van der Waals surface area contributed by atoms with Gasteiger partial charge in [-0.25, -0.2) is 4.52 Å². The number of benzene rings is 3. The number of halogens is 2. The summed E-state index contributed by atoms with van der Waals surface area (Å²) in [7, 11) is -1.59. The fourth-order valence-electron chi connectivity index (χ4n) is 11.7. The van der Waals surface area contributed by atoms with Crippen LogP contribution in [0.4, 0.5) is 8.78 Å². The predicted octanol–water partition coefficient (Wildman–Crippen LogP) is 3.59. The number of primary amides is 1. The third-order valence-electron chi connectivity index (χ3n) is 16.1. The van der Waals surface area contributed by atoms with E-state index in [0.717, 1.165) is 35.5 Å². The number of thiophene rings is 1. The van der Waals surface area contributed by atoms with Gasteiger partial charge in [-0.15, -0.1) is 11.3 Å². The van der Waals surface area contributed by atoms with Gasteiger partial charge in [-0.2, -0.15) is 8.78 Å². The highest BCUT2D eigenvalue weighted by molar-refractivity contribution is 7.39. The Morgan fingerprint density at radius 1 is 0.927 bits per heavy atom. The van der Waals surface area contributed by atoms with Crippen molar-refractivity contribution in [2.24, 2.45) is 11.7 Å². The second kappa shape index (κ2) is 25.1. The van der Waals surface area contributed by atoms with Crippen LogP contribution < -0.4 is 27.0 Å². The van der Waals surface area contributed by atoms with Crippen LogP contribution in [0.2, 0.25) is 0 Å². The lowest BCUT2D eigenvalue weighted by Gasteiger charge is -2.40. The summed E-state index contributed by atoms with van der Waals surface area (Å²) < 4.78 is 33.6. The number of amides is 9. The quantitative estimate of drug-likeness (QED) is 0.0453. The summed E-state index contributed by atoms with van der Waals surface area (Å²) in [6.45, 7) is 3.14. The maximum atomic E-state index is 14.8. The van der Waals surface area contributed by atoms with Gasteiger partial charge in [0.1, 0.15) is 29.7 Å². The second-order valence-electron chi connectivity index (χ2n) is 21.6. The van der Waals surface area contributed by atoms with Crippen LogP contribution in [-0.2, 0) is 56.3 Å². The lowest BCUT2D eigenvalue weighted by atomic mass is 9.87. The molecule has 82 heavy (non-hydrogen) atoms. The van der Waals surface area contributed by atoms with E-state index in [9.17, 15) is 51.9 Å². The van der Waals surface area contributed by atoms with Gasteiger partial charge in [-0.3, -0.25) is 48.5 Å². The number of hydrogen-bond acceptors (Lipinski definition) is 14. The molecule has 1 aromatic heterocycles. The average molecular weight is 1170 g/mol. The first-order valence-electron chi connectivity index (χ1n) is 27.2. The molecule has 0 aliphatic carbocycles. The first-order chi connectivity index (χ1) is 39.1. The average Bonchev–Trinajstić information content (AvgIpc) is 4.34. The first-order valence-corrected chi connectivity index (χ1v) is 29.2. The number of alkyl halides is 2. The SMILES string of the molecule is CN1CC[C@H]2CC[C@@H](C(=O)N[C@@H](CCC(N)=O)C(=O)N[C@@](C)(C(=O)N3CCC(CCC#Cc4cccc5c4CN(C4CCC(=O)NC4=O)C5=O)CC3)c3ccccc3)N2C(=O)[C@@H](NC(=O)c2cc3cc(C(F)(F)OP(O)O)ccc3s2)C1. The number of fused-ring (bicyclic) bond motifs is 3. The summed E-state index contributed by atoms with van der Waals surface area (Å²) in [4.78, 5) is 147. The van der Waals surface area contributed by atoms with Crippen LogP contribution >= 0.6 is 19.9 Å². The molecule has 0 spiro atoms. The summed E-state index contributed by atoms with van der Waals surface area (Å²) in [6.07, 6.45) is -0.402. The molecule has 6 atom stereocenters. The molecule has 0 saturated carbocycles. The second-order valence-corrected chi connectivity index (χ2v) is 23.4.